The van der Waals surface area contributed by atoms with Gasteiger partial charge >= 0.3 is 33.6 Å². The lowest BCUT2D eigenvalue weighted by molar-refractivity contribution is -0.161. The van der Waals surface area contributed by atoms with E-state index in [1.165, 1.54) is 89.9 Å². The second kappa shape index (κ2) is 87.4. The molecule has 0 aliphatic heterocycles. The van der Waals surface area contributed by atoms with Gasteiger partial charge < -0.3 is 34.2 Å². The Kier molecular flexibility index (Phi) is 83.0. The topological polar surface area (TPSA) is 231 Å². The van der Waals surface area contributed by atoms with Gasteiger partial charge in [0.15, 0.2) is 6.10 Å². The van der Waals surface area contributed by atoms with Crippen molar-refractivity contribution in [3.8, 4) is 0 Å². The number of rotatable bonds is 82. The molecule has 16 nitrogen and oxygen atoms in total. The molecule has 0 aromatic carbocycles. The van der Waals surface area contributed by atoms with Crippen molar-refractivity contribution in [2.24, 2.45) is 0 Å². The molecular weight excluding hydrogens is 1480 g/mol. The number of aliphatic hydroxyl groups excluding tert-OH is 2. The fourth-order valence-corrected chi connectivity index (χ4v) is 13.0. The van der Waals surface area contributed by atoms with E-state index in [1.54, 1.807) is 0 Å². The lowest BCUT2D eigenvalue weighted by atomic mass is 10.0. The molecule has 4 N–H and O–H groups in total. The molecule has 0 aromatic rings. The Morgan fingerprint density at radius 2 is 0.435 bits per heavy atom. The van der Waals surface area contributed by atoms with Crippen LogP contribution in [0.3, 0.4) is 0 Å². The maximum atomic E-state index is 13.0. The van der Waals surface area contributed by atoms with Crippen molar-refractivity contribution in [3.05, 3.63) is 207 Å². The van der Waals surface area contributed by atoms with E-state index >= 15 is 0 Å². The average Bonchev–Trinajstić information content (AvgIpc) is 0.902. The molecule has 5 unspecified atom stereocenters. The highest BCUT2D eigenvalue weighted by molar-refractivity contribution is 7.47. The normalized spacial score (nSPS) is 14.8. The van der Waals surface area contributed by atoms with E-state index in [2.05, 4.69) is 227 Å². The van der Waals surface area contributed by atoms with Crippen molar-refractivity contribution in [2.45, 2.75) is 347 Å². The van der Waals surface area contributed by atoms with E-state index in [-0.39, 0.29) is 19.3 Å². The summed E-state index contributed by atoms with van der Waals surface area (Å²) in [5.41, 5.74) is 0. The van der Waals surface area contributed by atoms with Gasteiger partial charge in [0.25, 0.3) is 0 Å². The molecule has 115 heavy (non-hydrogen) atoms. The first kappa shape index (κ1) is 109. The summed E-state index contributed by atoms with van der Waals surface area (Å²) in [5.74, 6) is -1.64. The van der Waals surface area contributed by atoms with Crippen molar-refractivity contribution in [1.29, 1.82) is 0 Å². The molecular formula is C97H158O16P2. The zero-order valence-corrected chi connectivity index (χ0v) is 73.4. The van der Waals surface area contributed by atoms with Crippen LogP contribution < -0.4 is 0 Å². The standard InChI is InChI=1S/C97H158O16P2/c1-4-7-10-13-16-19-22-25-28-31-34-37-39-41-43-44-45-46-48-50-51-54-56-59-62-65-68-71-74-77-80-83-95(100)107-86-92(98)87-109-114(103,104)110-88-93(99)89-111-115(105,106)112-91-94(113-97(102)85-82-79-76-73-70-67-64-61-58-53-36-33-30-27-24-21-18-15-12-9-6-3)90-108-96(101)84-81-78-75-72-69-66-63-60-57-55-52-49-47-42-40-38-35-32-29-26-23-20-17-14-11-8-5-2/h7-12,16-21,25-30,34-38,41-43,45-47,53,61,64,70,73,92-94,98-99H,4-6,13-15,22-24,31-33,39-40,44,48-52,54-60,62-63,65-69,71-72,74-91H2,1-3H3,(H,103,104)(H,105,106)/b10-7-,11-8-,12-9-,19-16-,20-17-,21-18-,28-25-,29-26-,30-27-,37-34-,38-35-,43-41-,46-45-,47-42-,53-36-,64-61-,73-70-. The fraction of sp³-hybridized carbons (Fsp3) is 0.619. The predicted molar refractivity (Wildman–Crippen MR) is 481 cm³/mol. The van der Waals surface area contributed by atoms with Crippen LogP contribution >= 0.6 is 15.6 Å². The van der Waals surface area contributed by atoms with Crippen molar-refractivity contribution >= 4 is 33.6 Å². The predicted octanol–water partition coefficient (Wildman–Crippen LogP) is 27.2. The summed E-state index contributed by atoms with van der Waals surface area (Å²) in [6, 6.07) is 0. The molecule has 0 bridgehead atoms. The number of hydrogen-bond donors (Lipinski definition) is 4. The lowest BCUT2D eigenvalue weighted by Gasteiger charge is -2.21. The number of aliphatic hydroxyl groups is 2. The van der Waals surface area contributed by atoms with Crippen LogP contribution in [0.15, 0.2) is 207 Å². The largest absolute Gasteiger partial charge is 0.472 e. The van der Waals surface area contributed by atoms with Gasteiger partial charge in [0.1, 0.15) is 25.4 Å². The molecule has 0 saturated heterocycles. The number of hydrogen-bond acceptors (Lipinski definition) is 14. The number of carbonyl (C=O) groups is 3. The second-order valence-electron chi connectivity index (χ2n) is 28.9. The highest BCUT2D eigenvalue weighted by Crippen LogP contribution is 2.45. The number of ether oxygens (including phenoxy) is 3. The fourth-order valence-electron chi connectivity index (χ4n) is 11.4. The van der Waals surface area contributed by atoms with Gasteiger partial charge in [-0.25, -0.2) is 9.13 Å². The van der Waals surface area contributed by atoms with Crippen molar-refractivity contribution < 1.29 is 75.8 Å². The van der Waals surface area contributed by atoms with Gasteiger partial charge in [-0.3, -0.25) is 32.5 Å². The third-order valence-corrected chi connectivity index (χ3v) is 19.9. The lowest BCUT2D eigenvalue weighted by Crippen LogP contribution is -2.30. The van der Waals surface area contributed by atoms with Gasteiger partial charge in [-0.15, -0.1) is 0 Å². The van der Waals surface area contributed by atoms with Crippen LogP contribution in [0.25, 0.3) is 0 Å². The number of unbranched alkanes of at least 4 members (excludes halogenated alkanes) is 25. The summed E-state index contributed by atoms with van der Waals surface area (Å²) >= 11 is 0. The van der Waals surface area contributed by atoms with Gasteiger partial charge in [0, 0.05) is 19.3 Å². The summed E-state index contributed by atoms with van der Waals surface area (Å²) in [5, 5.41) is 20.7. The molecule has 0 aliphatic rings. The summed E-state index contributed by atoms with van der Waals surface area (Å²) in [6.45, 7) is 2.29. The first-order valence-electron chi connectivity index (χ1n) is 44.4. The van der Waals surface area contributed by atoms with E-state index in [1.807, 2.05) is 0 Å². The van der Waals surface area contributed by atoms with E-state index in [9.17, 15) is 43.5 Å². The van der Waals surface area contributed by atoms with Crippen molar-refractivity contribution in [2.75, 3.05) is 39.6 Å². The maximum absolute atomic E-state index is 13.0. The quantitative estimate of drug-likeness (QED) is 0.0146. The minimum Gasteiger partial charge on any atom is -0.463 e. The molecule has 5 atom stereocenters. The van der Waals surface area contributed by atoms with Gasteiger partial charge in [0.05, 0.1) is 26.4 Å². The highest BCUT2D eigenvalue weighted by atomic mass is 31.2. The Bertz CT molecular complexity index is 2920. The minimum absolute atomic E-state index is 0.0417. The van der Waals surface area contributed by atoms with Crippen LogP contribution in [0.2, 0.25) is 0 Å². The molecule has 0 saturated carbocycles. The Labute approximate surface area is 699 Å². The van der Waals surface area contributed by atoms with Gasteiger partial charge in [0.2, 0.25) is 0 Å². The molecule has 18 heteroatoms. The molecule has 0 radical (unpaired) electrons. The molecule has 0 spiro atoms. The number of allylic oxidation sites excluding steroid dienone is 34. The average molecular weight is 1640 g/mol. The third-order valence-electron chi connectivity index (χ3n) is 18.0. The van der Waals surface area contributed by atoms with E-state index in [4.69, 9.17) is 32.3 Å². The Morgan fingerprint density at radius 1 is 0.243 bits per heavy atom. The third kappa shape index (κ3) is 88.8. The molecule has 0 aromatic heterocycles. The van der Waals surface area contributed by atoms with Crippen LogP contribution in [0.5, 0.6) is 0 Å². The van der Waals surface area contributed by atoms with Crippen LogP contribution in [-0.2, 0) is 55.8 Å². The van der Waals surface area contributed by atoms with Crippen LogP contribution in [0, 0.1) is 0 Å². The van der Waals surface area contributed by atoms with E-state index in [0.717, 1.165) is 173 Å². The molecule has 0 fully saturated rings. The first-order chi connectivity index (χ1) is 56.2. The van der Waals surface area contributed by atoms with E-state index < -0.39 is 91.5 Å². The summed E-state index contributed by atoms with van der Waals surface area (Å²) in [4.78, 5) is 58.9. The minimum atomic E-state index is -4.96. The summed E-state index contributed by atoms with van der Waals surface area (Å²) in [6.07, 6.45) is 117. The summed E-state index contributed by atoms with van der Waals surface area (Å²) in [7, 11) is -9.83. The van der Waals surface area contributed by atoms with E-state index in [0.29, 0.717) is 25.7 Å². The van der Waals surface area contributed by atoms with Gasteiger partial charge in [-0.2, -0.15) is 0 Å². The zero-order valence-electron chi connectivity index (χ0n) is 71.6. The molecule has 0 rings (SSSR count). The Hall–Kier alpha value is -5.87. The first-order valence-corrected chi connectivity index (χ1v) is 47.4. The number of phosphoric acid groups is 2. The number of carbonyl (C=O) groups excluding carboxylic acids is 3. The highest BCUT2D eigenvalue weighted by Gasteiger charge is 2.29. The Morgan fingerprint density at radius 3 is 0.704 bits per heavy atom. The molecule has 0 aliphatic carbocycles. The Balaban J connectivity index is 4.65. The van der Waals surface area contributed by atoms with Crippen LogP contribution in [-0.4, -0.2) is 95.9 Å². The number of esters is 3. The molecule has 0 heterocycles. The second-order valence-corrected chi connectivity index (χ2v) is 31.8. The number of phosphoric ester groups is 2. The SMILES string of the molecule is CC/C=C\C/C=C\C/C=C\C/C=C\C/C=C\C/C=C\CCCCCCCCCCCCCCC(=O)OCC(O)COP(=O)(O)OCC(O)COP(=O)(O)OCC(COC(=O)CCCCCCCCCCCCC/C=C\C/C=C\C/C=C\C/C=C\C/C=C\CC)OC(=O)CCCC/C=C\C/C=C\C/C=C\C/C=C\C/C=C\C/C=C\CC. The van der Waals surface area contributed by atoms with Gasteiger partial charge in [-0.05, 0) is 167 Å². The zero-order chi connectivity index (χ0) is 83.6. The van der Waals surface area contributed by atoms with Gasteiger partial charge in [-0.1, -0.05) is 349 Å². The van der Waals surface area contributed by atoms with Crippen molar-refractivity contribution in [3.63, 3.8) is 0 Å². The monoisotopic (exact) mass is 1640 g/mol. The van der Waals surface area contributed by atoms with Crippen LogP contribution in [0.4, 0.5) is 0 Å². The molecule has 652 valence electrons. The molecule has 0 amide bonds. The summed E-state index contributed by atoms with van der Waals surface area (Å²) < 4.78 is 61.4. The van der Waals surface area contributed by atoms with Crippen LogP contribution in [0.1, 0.15) is 329 Å². The maximum Gasteiger partial charge on any atom is 0.472 e. The van der Waals surface area contributed by atoms with Crippen molar-refractivity contribution in [1.82, 2.24) is 0 Å². The smallest absolute Gasteiger partial charge is 0.463 e.